The van der Waals surface area contributed by atoms with Crippen LogP contribution in [0.4, 0.5) is 0 Å². The van der Waals surface area contributed by atoms with Crippen molar-refractivity contribution in [3.8, 4) is 0 Å². The van der Waals surface area contributed by atoms with Crippen LogP contribution in [0.2, 0.25) is 0 Å². The lowest BCUT2D eigenvalue weighted by atomic mass is 9.76. The van der Waals surface area contributed by atoms with Crippen LogP contribution in [0, 0.1) is 12.3 Å². The second-order valence-electron chi connectivity index (χ2n) is 7.29. The Hall–Kier alpha value is -1.90. The highest BCUT2D eigenvalue weighted by Crippen LogP contribution is 2.30. The van der Waals surface area contributed by atoms with Gasteiger partial charge in [0, 0.05) is 35.9 Å². The maximum Gasteiger partial charge on any atom is 0.158 e. The summed E-state index contributed by atoms with van der Waals surface area (Å²) >= 11 is 0. The lowest BCUT2D eigenvalue weighted by Gasteiger charge is -2.26. The lowest BCUT2D eigenvalue weighted by molar-refractivity contribution is -0.459. The van der Waals surface area contributed by atoms with Gasteiger partial charge in [-0.2, -0.15) is 0 Å². The first-order valence-corrected chi connectivity index (χ1v) is 8.11. The van der Waals surface area contributed by atoms with Crippen LogP contribution >= 0.6 is 0 Å². The number of para-hydroxylation sites is 1. The molecule has 0 bridgehead atoms. The zero-order chi connectivity index (χ0) is 15.7. The van der Waals surface area contributed by atoms with Crippen molar-refractivity contribution < 1.29 is 9.79 Å². The van der Waals surface area contributed by atoms with Crippen molar-refractivity contribution in [3.05, 3.63) is 35.5 Å². The molecule has 1 heterocycles. The van der Waals surface area contributed by atoms with Crippen molar-refractivity contribution >= 4 is 22.4 Å². The molecule has 0 radical (unpaired) electrons. The molecule has 22 heavy (non-hydrogen) atoms. The summed E-state index contributed by atoms with van der Waals surface area (Å²) < 4.78 is 0. The second-order valence-corrected chi connectivity index (χ2v) is 7.29. The minimum absolute atomic E-state index is 0.106. The molecule has 3 heteroatoms. The van der Waals surface area contributed by atoms with Crippen LogP contribution in [0.25, 0.3) is 10.9 Å². The molecule has 0 saturated heterocycles. The number of aromatic amines is 1. The number of aryl methyl sites for hydroxylation is 1. The molecular formula is C19H25N2O+. The largest absolute Gasteiger partial charge is 0.358 e. The summed E-state index contributed by atoms with van der Waals surface area (Å²) in [6.07, 6.45) is 3.30. The number of ketones is 1. The van der Waals surface area contributed by atoms with E-state index >= 15 is 0 Å². The number of carbonyl (C=O) groups excluding carboxylic acids is 1. The Morgan fingerprint density at radius 3 is 2.77 bits per heavy atom. The fourth-order valence-corrected chi connectivity index (χ4v) is 3.68. The number of hydrogen-bond acceptors (Lipinski definition) is 1. The Labute approximate surface area is 131 Å². The fraction of sp³-hybridized carbons (Fsp3) is 0.474. The summed E-state index contributed by atoms with van der Waals surface area (Å²) in [4.78, 5) is 18.8. The predicted molar refractivity (Wildman–Crippen MR) is 90.2 cm³/mol. The first-order valence-electron chi connectivity index (χ1n) is 8.11. The molecule has 1 fully saturated rings. The van der Waals surface area contributed by atoms with E-state index < -0.39 is 0 Å². The summed E-state index contributed by atoms with van der Waals surface area (Å²) in [6, 6.07) is 8.44. The topological polar surface area (TPSA) is 46.8 Å². The van der Waals surface area contributed by atoms with Gasteiger partial charge < -0.3 is 4.98 Å². The van der Waals surface area contributed by atoms with E-state index in [0.29, 0.717) is 18.6 Å². The standard InChI is InChI=1S/C19H24N2O/c1-13-16(17-6-4-5-7-18(17)21-13)8-9-20-14-10-15(22)12-19(2,3)11-14/h4-7,21H,8-12H2,1-3H3/p+1. The van der Waals surface area contributed by atoms with Gasteiger partial charge >= 0.3 is 0 Å². The van der Waals surface area contributed by atoms with Crippen LogP contribution in [-0.2, 0) is 11.2 Å². The van der Waals surface area contributed by atoms with E-state index in [0.717, 1.165) is 19.4 Å². The lowest BCUT2D eigenvalue weighted by Crippen LogP contribution is -2.75. The Morgan fingerprint density at radius 2 is 2.00 bits per heavy atom. The molecule has 0 atom stereocenters. The number of benzene rings is 1. The van der Waals surface area contributed by atoms with Crippen molar-refractivity contribution in [1.82, 2.24) is 4.98 Å². The van der Waals surface area contributed by atoms with Gasteiger partial charge in [-0.25, -0.2) is 4.99 Å². The molecule has 0 unspecified atom stereocenters. The molecule has 1 aromatic heterocycles. The van der Waals surface area contributed by atoms with Crippen molar-refractivity contribution in [2.75, 3.05) is 6.54 Å². The first kappa shape index (κ1) is 15.0. The maximum absolute atomic E-state index is 11.8. The molecule has 2 aromatic rings. The van der Waals surface area contributed by atoms with Crippen LogP contribution in [0.1, 0.15) is 44.4 Å². The Bertz CT molecular complexity index is 737. The monoisotopic (exact) mass is 297 g/mol. The van der Waals surface area contributed by atoms with Gasteiger partial charge in [-0.15, -0.1) is 0 Å². The quantitative estimate of drug-likeness (QED) is 0.897. The number of aromatic nitrogens is 1. The van der Waals surface area contributed by atoms with E-state index in [4.69, 9.17) is 0 Å². The van der Waals surface area contributed by atoms with Gasteiger partial charge in [-0.3, -0.25) is 4.79 Å². The van der Waals surface area contributed by atoms with E-state index in [1.807, 2.05) is 0 Å². The van der Waals surface area contributed by atoms with Gasteiger partial charge in [-0.05, 0) is 24.0 Å². The molecule has 1 aliphatic rings. The van der Waals surface area contributed by atoms with Gasteiger partial charge in [-0.1, -0.05) is 32.0 Å². The average molecular weight is 297 g/mol. The molecule has 116 valence electrons. The molecule has 0 aliphatic heterocycles. The predicted octanol–water partition coefficient (Wildman–Crippen LogP) is 2.32. The average Bonchev–Trinajstić information content (AvgIpc) is 2.73. The minimum Gasteiger partial charge on any atom is -0.358 e. The van der Waals surface area contributed by atoms with Crippen LogP contribution in [0.15, 0.2) is 24.3 Å². The van der Waals surface area contributed by atoms with E-state index in [1.165, 1.54) is 27.9 Å². The third kappa shape index (κ3) is 3.13. The van der Waals surface area contributed by atoms with Crippen LogP contribution < -0.4 is 4.99 Å². The number of nitrogens with one attached hydrogen (secondary N) is 2. The second kappa shape index (κ2) is 5.71. The van der Waals surface area contributed by atoms with Gasteiger partial charge in [0.15, 0.2) is 5.71 Å². The molecule has 0 amide bonds. The maximum atomic E-state index is 11.8. The van der Waals surface area contributed by atoms with E-state index in [1.54, 1.807) is 0 Å². The molecule has 1 aliphatic carbocycles. The van der Waals surface area contributed by atoms with Gasteiger partial charge in [0.1, 0.15) is 12.3 Å². The molecule has 2 N–H and O–H groups in total. The highest BCUT2D eigenvalue weighted by molar-refractivity contribution is 6.02. The van der Waals surface area contributed by atoms with Crippen molar-refractivity contribution in [1.29, 1.82) is 0 Å². The molecule has 1 saturated carbocycles. The minimum atomic E-state index is 0.106. The summed E-state index contributed by atoms with van der Waals surface area (Å²) in [6.45, 7) is 7.38. The summed E-state index contributed by atoms with van der Waals surface area (Å²) in [7, 11) is 0. The van der Waals surface area contributed by atoms with Gasteiger partial charge in [0.05, 0.1) is 6.42 Å². The smallest absolute Gasteiger partial charge is 0.158 e. The van der Waals surface area contributed by atoms with Gasteiger partial charge in [0.2, 0.25) is 0 Å². The zero-order valence-electron chi connectivity index (χ0n) is 13.8. The Kier molecular flexibility index (Phi) is 3.90. The number of Topliss-reactive ketones (excluding diaryl/α,β-unsaturated/α-hetero) is 1. The molecule has 3 rings (SSSR count). The van der Waals surface area contributed by atoms with Crippen LogP contribution in [0.3, 0.4) is 0 Å². The number of fused-ring (bicyclic) bond motifs is 1. The fourth-order valence-electron chi connectivity index (χ4n) is 3.68. The highest BCUT2D eigenvalue weighted by atomic mass is 16.1. The SMILES string of the molecule is Cc1[nH]c2ccccc2c1CC[NH+]=C1CC(=O)CC(C)(C)C1. The van der Waals surface area contributed by atoms with Crippen molar-refractivity contribution in [2.45, 2.75) is 46.5 Å². The van der Waals surface area contributed by atoms with Crippen LogP contribution in [-0.4, -0.2) is 23.0 Å². The van der Waals surface area contributed by atoms with Gasteiger partial charge in [0.25, 0.3) is 0 Å². The summed E-state index contributed by atoms with van der Waals surface area (Å²) in [5.74, 6) is 0.363. The van der Waals surface area contributed by atoms with E-state index in [2.05, 4.69) is 55.0 Å². The Balaban J connectivity index is 1.73. The van der Waals surface area contributed by atoms with Crippen molar-refractivity contribution in [2.24, 2.45) is 5.41 Å². The third-order valence-corrected chi connectivity index (χ3v) is 4.56. The highest BCUT2D eigenvalue weighted by Gasteiger charge is 2.33. The first-order chi connectivity index (χ1) is 10.4. The summed E-state index contributed by atoms with van der Waals surface area (Å²) in [5.41, 5.74) is 5.14. The van der Waals surface area contributed by atoms with Crippen LogP contribution in [0.5, 0.6) is 0 Å². The van der Waals surface area contributed by atoms with Crippen molar-refractivity contribution in [3.63, 3.8) is 0 Å². The Morgan fingerprint density at radius 1 is 1.23 bits per heavy atom. The number of carbonyl (C=O) groups is 1. The van der Waals surface area contributed by atoms with E-state index in [-0.39, 0.29) is 5.41 Å². The molecule has 1 aromatic carbocycles. The molecule has 3 nitrogen and oxygen atoms in total. The zero-order valence-corrected chi connectivity index (χ0v) is 13.8. The third-order valence-electron chi connectivity index (χ3n) is 4.56. The molecular weight excluding hydrogens is 272 g/mol. The normalized spacial score (nSPS) is 20.0. The number of hydrogen-bond donors (Lipinski definition) is 2. The van der Waals surface area contributed by atoms with E-state index in [9.17, 15) is 4.79 Å². The summed E-state index contributed by atoms with van der Waals surface area (Å²) in [5, 5.41) is 1.31. The number of rotatable bonds is 3. The number of H-pyrrole nitrogens is 1. The molecule has 0 spiro atoms.